The number of carbonyl (C=O) groups excluding carboxylic acids is 3. The summed E-state index contributed by atoms with van der Waals surface area (Å²) in [5.41, 5.74) is 2.80. The summed E-state index contributed by atoms with van der Waals surface area (Å²) < 4.78 is 10.0. The van der Waals surface area contributed by atoms with E-state index in [1.807, 2.05) is 24.3 Å². The SMILES string of the molecule is CCOC(=O)CNC(=O)N1C=C(C(=O)OCC)c2[nH]c3ccccc3c2CC1. The number of carbonyl (C=O) groups is 3. The number of rotatable bonds is 5. The van der Waals surface area contributed by atoms with Crippen LogP contribution in [-0.4, -0.2) is 54.2 Å². The van der Waals surface area contributed by atoms with E-state index in [4.69, 9.17) is 9.47 Å². The Hall–Kier alpha value is -3.29. The quantitative estimate of drug-likeness (QED) is 0.769. The smallest absolute Gasteiger partial charge is 0.341 e. The summed E-state index contributed by atoms with van der Waals surface area (Å²) in [7, 11) is 0. The van der Waals surface area contributed by atoms with E-state index in [0.717, 1.165) is 16.5 Å². The first-order valence-electron chi connectivity index (χ1n) is 9.24. The molecule has 2 aromatic rings. The average molecular weight is 385 g/mol. The molecule has 0 aliphatic carbocycles. The molecule has 0 bridgehead atoms. The lowest BCUT2D eigenvalue weighted by atomic mass is 10.0. The Kier molecular flexibility index (Phi) is 5.98. The number of urea groups is 1. The van der Waals surface area contributed by atoms with Crippen LogP contribution in [0, 0.1) is 0 Å². The molecule has 1 aliphatic rings. The van der Waals surface area contributed by atoms with Crippen molar-refractivity contribution in [3.05, 3.63) is 41.7 Å². The number of aromatic nitrogens is 1. The van der Waals surface area contributed by atoms with Gasteiger partial charge in [0, 0.05) is 23.6 Å². The number of amides is 2. The minimum atomic E-state index is -0.517. The molecule has 2 N–H and O–H groups in total. The van der Waals surface area contributed by atoms with Crippen molar-refractivity contribution in [1.82, 2.24) is 15.2 Å². The lowest BCUT2D eigenvalue weighted by Gasteiger charge is -2.18. The van der Waals surface area contributed by atoms with Crippen molar-refractivity contribution in [2.45, 2.75) is 20.3 Å². The van der Waals surface area contributed by atoms with Gasteiger partial charge in [-0.25, -0.2) is 9.59 Å². The van der Waals surface area contributed by atoms with Gasteiger partial charge in [0.2, 0.25) is 0 Å². The number of nitrogens with zero attached hydrogens (tertiary/aromatic N) is 1. The van der Waals surface area contributed by atoms with Gasteiger partial charge in [-0.2, -0.15) is 0 Å². The predicted molar refractivity (Wildman–Crippen MR) is 103 cm³/mol. The molecule has 28 heavy (non-hydrogen) atoms. The highest BCUT2D eigenvalue weighted by Crippen LogP contribution is 2.31. The third-order valence-corrected chi connectivity index (χ3v) is 4.42. The maximum Gasteiger partial charge on any atom is 0.341 e. The van der Waals surface area contributed by atoms with Gasteiger partial charge in [0.05, 0.1) is 24.5 Å². The molecule has 2 amide bonds. The van der Waals surface area contributed by atoms with Crippen LogP contribution in [-0.2, 0) is 25.5 Å². The zero-order valence-corrected chi connectivity index (χ0v) is 15.9. The van der Waals surface area contributed by atoms with E-state index in [1.54, 1.807) is 13.8 Å². The Morgan fingerprint density at radius 2 is 1.89 bits per heavy atom. The number of hydrogen-bond donors (Lipinski definition) is 2. The third-order valence-electron chi connectivity index (χ3n) is 4.42. The Morgan fingerprint density at radius 3 is 2.64 bits per heavy atom. The van der Waals surface area contributed by atoms with Crippen molar-refractivity contribution in [2.24, 2.45) is 0 Å². The molecule has 1 aromatic heterocycles. The molecule has 3 rings (SSSR count). The molecule has 2 heterocycles. The van der Waals surface area contributed by atoms with Crippen LogP contribution in [0.1, 0.15) is 25.1 Å². The molecular formula is C20H23N3O5. The first kappa shape index (κ1) is 19.5. The van der Waals surface area contributed by atoms with E-state index in [-0.39, 0.29) is 25.3 Å². The van der Waals surface area contributed by atoms with Gasteiger partial charge in [-0.1, -0.05) is 18.2 Å². The number of fused-ring (bicyclic) bond motifs is 3. The molecule has 8 nitrogen and oxygen atoms in total. The second kappa shape index (κ2) is 8.60. The van der Waals surface area contributed by atoms with Crippen LogP contribution >= 0.6 is 0 Å². The van der Waals surface area contributed by atoms with Crippen molar-refractivity contribution < 1.29 is 23.9 Å². The molecule has 1 aromatic carbocycles. The zero-order valence-electron chi connectivity index (χ0n) is 15.9. The van der Waals surface area contributed by atoms with Crippen molar-refractivity contribution in [3.8, 4) is 0 Å². The minimum absolute atomic E-state index is 0.223. The Bertz CT molecular complexity index is 931. The van der Waals surface area contributed by atoms with Gasteiger partial charge in [0.25, 0.3) is 0 Å². The molecular weight excluding hydrogens is 362 g/mol. The van der Waals surface area contributed by atoms with Crippen molar-refractivity contribution >= 4 is 34.4 Å². The summed E-state index contributed by atoms with van der Waals surface area (Å²) >= 11 is 0. The van der Waals surface area contributed by atoms with Gasteiger partial charge in [0.1, 0.15) is 6.54 Å². The van der Waals surface area contributed by atoms with Crippen molar-refractivity contribution in [3.63, 3.8) is 0 Å². The van der Waals surface area contributed by atoms with Crippen LogP contribution in [0.4, 0.5) is 4.79 Å². The molecule has 1 aliphatic heterocycles. The lowest BCUT2D eigenvalue weighted by molar-refractivity contribution is -0.142. The third kappa shape index (κ3) is 4.00. The Labute approximate surface area is 162 Å². The van der Waals surface area contributed by atoms with Crippen molar-refractivity contribution in [1.29, 1.82) is 0 Å². The van der Waals surface area contributed by atoms with Crippen LogP contribution in [0.2, 0.25) is 0 Å². The van der Waals surface area contributed by atoms with Crippen LogP contribution in [0.3, 0.4) is 0 Å². The highest BCUT2D eigenvalue weighted by molar-refractivity contribution is 6.18. The summed E-state index contributed by atoms with van der Waals surface area (Å²) in [4.78, 5) is 41.2. The molecule has 0 radical (unpaired) electrons. The maximum absolute atomic E-state index is 12.6. The highest BCUT2D eigenvalue weighted by Gasteiger charge is 2.27. The first-order chi connectivity index (χ1) is 13.5. The number of H-pyrrole nitrogens is 1. The van der Waals surface area contributed by atoms with E-state index in [1.165, 1.54) is 11.1 Å². The second-order valence-corrected chi connectivity index (χ2v) is 6.19. The van der Waals surface area contributed by atoms with Gasteiger partial charge in [-0.05, 0) is 31.9 Å². The number of nitrogens with one attached hydrogen (secondary N) is 2. The van der Waals surface area contributed by atoms with Crippen LogP contribution in [0.25, 0.3) is 16.5 Å². The molecule has 0 spiro atoms. The normalized spacial score (nSPS) is 13.4. The molecule has 0 unspecified atom stereocenters. The predicted octanol–water partition coefficient (Wildman–Crippen LogP) is 2.20. The number of ether oxygens (including phenoxy) is 2. The molecule has 0 saturated heterocycles. The minimum Gasteiger partial charge on any atom is -0.465 e. The van der Waals surface area contributed by atoms with Gasteiger partial charge in [0.15, 0.2) is 0 Å². The fraction of sp³-hybridized carbons (Fsp3) is 0.350. The van der Waals surface area contributed by atoms with E-state index in [0.29, 0.717) is 18.7 Å². The fourth-order valence-corrected chi connectivity index (χ4v) is 3.19. The maximum atomic E-state index is 12.6. The number of esters is 2. The summed E-state index contributed by atoms with van der Waals surface area (Å²) in [6.07, 6.45) is 2.02. The Morgan fingerprint density at radius 1 is 1.14 bits per heavy atom. The highest BCUT2D eigenvalue weighted by atomic mass is 16.5. The Balaban J connectivity index is 1.91. The topological polar surface area (TPSA) is 101 Å². The standard InChI is InChI=1S/C20H23N3O5/c1-3-27-17(24)11-21-20(26)23-10-9-14-13-7-5-6-8-16(13)22-18(14)15(12-23)19(25)28-4-2/h5-8,12,22H,3-4,9-11H2,1-2H3,(H,21,26). The largest absolute Gasteiger partial charge is 0.465 e. The van der Waals surface area contributed by atoms with E-state index in [2.05, 4.69) is 10.3 Å². The molecule has 0 fully saturated rings. The molecule has 0 saturated carbocycles. The van der Waals surface area contributed by atoms with Crippen LogP contribution < -0.4 is 5.32 Å². The number of para-hydroxylation sites is 1. The van der Waals surface area contributed by atoms with E-state index >= 15 is 0 Å². The van der Waals surface area contributed by atoms with Gasteiger partial charge in [-0.15, -0.1) is 0 Å². The zero-order chi connectivity index (χ0) is 20.1. The molecule has 0 atom stereocenters. The second-order valence-electron chi connectivity index (χ2n) is 6.19. The lowest BCUT2D eigenvalue weighted by Crippen LogP contribution is -2.40. The van der Waals surface area contributed by atoms with Crippen LogP contribution in [0.15, 0.2) is 30.5 Å². The number of benzene rings is 1. The summed E-state index contributed by atoms with van der Waals surface area (Å²) in [5, 5.41) is 3.52. The average Bonchev–Trinajstić information content (AvgIpc) is 2.94. The monoisotopic (exact) mass is 385 g/mol. The summed E-state index contributed by atoms with van der Waals surface area (Å²) in [6.45, 7) is 4.01. The first-order valence-corrected chi connectivity index (χ1v) is 9.24. The summed E-state index contributed by atoms with van der Waals surface area (Å²) in [5.74, 6) is -1.03. The molecule has 148 valence electrons. The van der Waals surface area contributed by atoms with Gasteiger partial charge in [-0.3, -0.25) is 9.69 Å². The van der Waals surface area contributed by atoms with Gasteiger partial charge >= 0.3 is 18.0 Å². The van der Waals surface area contributed by atoms with E-state index in [9.17, 15) is 14.4 Å². The van der Waals surface area contributed by atoms with Crippen LogP contribution in [0.5, 0.6) is 0 Å². The fourth-order valence-electron chi connectivity index (χ4n) is 3.19. The number of hydrogen-bond acceptors (Lipinski definition) is 5. The number of aromatic amines is 1. The summed E-state index contributed by atoms with van der Waals surface area (Å²) in [6, 6.07) is 7.28. The van der Waals surface area contributed by atoms with E-state index < -0.39 is 18.0 Å². The van der Waals surface area contributed by atoms with Crippen molar-refractivity contribution in [2.75, 3.05) is 26.3 Å². The van der Waals surface area contributed by atoms with Gasteiger partial charge < -0.3 is 19.8 Å². The molecule has 8 heteroatoms.